The lowest BCUT2D eigenvalue weighted by atomic mass is 10.0. The molecule has 0 heterocycles. The maximum absolute atomic E-state index is 12.7. The molecule has 0 spiro atoms. The van der Waals surface area contributed by atoms with Crippen LogP contribution in [0, 0.1) is 0 Å². The lowest BCUT2D eigenvalue weighted by Gasteiger charge is -2.22. The molecule has 0 aromatic rings. The summed E-state index contributed by atoms with van der Waals surface area (Å²) >= 11 is 1.34. The van der Waals surface area contributed by atoms with E-state index in [1.807, 2.05) is 21.2 Å². The van der Waals surface area contributed by atoms with Crippen molar-refractivity contribution in [2.45, 2.75) is 226 Å². The zero-order chi connectivity index (χ0) is 39.6. The Labute approximate surface area is 334 Å². The van der Waals surface area contributed by atoms with E-state index in [9.17, 15) is 14.4 Å². The van der Waals surface area contributed by atoms with Gasteiger partial charge in [-0.3, -0.25) is 9.59 Å². The van der Waals surface area contributed by atoms with Gasteiger partial charge in [0.25, 0.3) is 5.24 Å². The second-order valence-corrected chi connectivity index (χ2v) is 16.5. The summed E-state index contributed by atoms with van der Waals surface area (Å²) in [6.07, 6.45) is 34.9. The molecular weight excluding hydrogens is 681 g/mol. The average molecular weight is 771 g/mol. The van der Waals surface area contributed by atoms with Crippen molar-refractivity contribution >= 4 is 29.3 Å². The van der Waals surface area contributed by atoms with E-state index >= 15 is 0 Å². The number of carbonyl (C=O) groups is 3. The number of aldehydes is 1. The highest BCUT2D eigenvalue weighted by Crippen LogP contribution is 2.19. The molecule has 0 aliphatic carbocycles. The first-order chi connectivity index (χ1) is 25.8. The number of rotatable bonds is 38. The Morgan fingerprint density at radius 3 is 1.42 bits per heavy atom. The molecule has 0 aromatic carbocycles. The minimum atomic E-state index is -0.138. The fourth-order valence-electron chi connectivity index (χ4n) is 6.49. The van der Waals surface area contributed by atoms with Gasteiger partial charge in [0, 0.05) is 38.8 Å². The number of hydrogen-bond acceptors (Lipinski definition) is 7. The molecule has 0 unspecified atom stereocenters. The minimum Gasteiger partial charge on any atom is -0.462 e. The Bertz CT molecular complexity index is 756. The van der Waals surface area contributed by atoms with Crippen LogP contribution < -0.4 is 0 Å². The van der Waals surface area contributed by atoms with Crippen LogP contribution in [-0.2, 0) is 19.1 Å². The summed E-state index contributed by atoms with van der Waals surface area (Å²) in [5, 5.41) is 0.0463. The Balaban J connectivity index is 0. The molecule has 0 aliphatic rings. The average Bonchev–Trinajstić information content (AvgIpc) is 3.14. The molecule has 1 amide bonds. The number of unbranched alkanes of at least 4 members (excludes halogenated alkanes) is 17. The van der Waals surface area contributed by atoms with Gasteiger partial charge in [-0.2, -0.15) is 0 Å². The molecule has 0 saturated heterocycles. The van der Waals surface area contributed by atoms with Gasteiger partial charge < -0.3 is 24.1 Å². The van der Waals surface area contributed by atoms with E-state index in [4.69, 9.17) is 9.47 Å². The van der Waals surface area contributed by atoms with E-state index in [-0.39, 0.29) is 17.3 Å². The quantitative estimate of drug-likeness (QED) is 0.0351. The number of carbonyl (C=O) groups excluding carboxylic acids is 3. The standard InChI is InChI=1S/C29H56N2O4S.C16H34O/c1-5-7-9-11-13-19-27(20-14-12-10-8-6-2)35-28(33)21-17-24-31(23-15-16-25-32)29(34)36-26-18-22-30(3)4;1-4-6-8-10-12-14-16(17-3)15-13-11-9-7-5-2/h25,27H,5-24,26H2,1-4H3;16H,4-15H2,1-3H3. The molecule has 0 rings (SSSR count). The molecule has 0 bridgehead atoms. The van der Waals surface area contributed by atoms with Crippen LogP contribution in [0.25, 0.3) is 0 Å². The lowest BCUT2D eigenvalue weighted by Crippen LogP contribution is -2.31. The maximum atomic E-state index is 12.7. The molecule has 0 aromatic heterocycles. The van der Waals surface area contributed by atoms with Gasteiger partial charge >= 0.3 is 5.97 Å². The van der Waals surface area contributed by atoms with Crippen molar-refractivity contribution in [3.63, 3.8) is 0 Å². The maximum Gasteiger partial charge on any atom is 0.306 e. The van der Waals surface area contributed by atoms with Crippen molar-refractivity contribution in [3.05, 3.63) is 0 Å². The number of nitrogens with zero attached hydrogens (tertiary/aromatic N) is 2. The SMILES string of the molecule is CCCCCCCC(CCCCCCC)OC.CCCCCCCC(CCCCCCC)OC(=O)CCCN(CCCC=O)C(=O)SCCCN(C)C. The van der Waals surface area contributed by atoms with Crippen molar-refractivity contribution < 1.29 is 23.9 Å². The number of hydrogen-bond donors (Lipinski definition) is 0. The normalized spacial score (nSPS) is 11.3. The predicted molar refractivity (Wildman–Crippen MR) is 231 cm³/mol. The van der Waals surface area contributed by atoms with Gasteiger partial charge in [0.2, 0.25) is 0 Å². The summed E-state index contributed by atoms with van der Waals surface area (Å²) in [4.78, 5) is 40.0. The van der Waals surface area contributed by atoms with Crippen molar-refractivity contribution in [3.8, 4) is 0 Å². The molecule has 0 N–H and O–H groups in total. The van der Waals surface area contributed by atoms with Gasteiger partial charge in [-0.1, -0.05) is 155 Å². The number of amides is 1. The van der Waals surface area contributed by atoms with E-state index in [0.29, 0.717) is 44.9 Å². The zero-order valence-corrected chi connectivity index (χ0v) is 37.2. The topological polar surface area (TPSA) is 76.1 Å². The Hall–Kier alpha value is -1.12. The van der Waals surface area contributed by atoms with Crippen molar-refractivity contribution in [1.82, 2.24) is 9.80 Å². The molecule has 0 atom stereocenters. The van der Waals surface area contributed by atoms with E-state index in [2.05, 4.69) is 32.6 Å². The van der Waals surface area contributed by atoms with Crippen LogP contribution >= 0.6 is 11.8 Å². The smallest absolute Gasteiger partial charge is 0.306 e. The molecule has 0 saturated carbocycles. The summed E-state index contributed by atoms with van der Waals surface area (Å²) in [7, 11) is 5.93. The van der Waals surface area contributed by atoms with Crippen LogP contribution in [0.15, 0.2) is 0 Å². The second-order valence-electron chi connectivity index (χ2n) is 15.5. The van der Waals surface area contributed by atoms with Gasteiger partial charge in [-0.25, -0.2) is 0 Å². The third-order valence-corrected chi connectivity index (χ3v) is 10.9. The number of methoxy groups -OCH3 is 1. The number of thioether (sulfide) groups is 1. The molecule has 0 fully saturated rings. The highest BCUT2D eigenvalue weighted by Gasteiger charge is 2.17. The summed E-state index contributed by atoms with van der Waals surface area (Å²) in [6.45, 7) is 11.0. The molecule has 7 nitrogen and oxygen atoms in total. The third-order valence-electron chi connectivity index (χ3n) is 9.94. The fraction of sp³-hybridized carbons (Fsp3) is 0.933. The highest BCUT2D eigenvalue weighted by molar-refractivity contribution is 8.13. The van der Waals surface area contributed by atoms with E-state index < -0.39 is 0 Å². The van der Waals surface area contributed by atoms with Crippen molar-refractivity contribution in [2.24, 2.45) is 0 Å². The Kier molecular flexibility index (Phi) is 44.4. The molecule has 53 heavy (non-hydrogen) atoms. The van der Waals surface area contributed by atoms with Crippen LogP contribution in [0.5, 0.6) is 0 Å². The molecule has 8 heteroatoms. The van der Waals surface area contributed by atoms with Crippen LogP contribution in [0.4, 0.5) is 4.79 Å². The van der Waals surface area contributed by atoms with Gasteiger partial charge in [0.15, 0.2) is 0 Å². The summed E-state index contributed by atoms with van der Waals surface area (Å²) in [5.41, 5.74) is 0. The van der Waals surface area contributed by atoms with Crippen LogP contribution in [0.3, 0.4) is 0 Å². The van der Waals surface area contributed by atoms with Gasteiger partial charge in [-0.05, 0) is 78.4 Å². The van der Waals surface area contributed by atoms with Crippen LogP contribution in [0.1, 0.15) is 214 Å². The van der Waals surface area contributed by atoms with Crippen LogP contribution in [-0.4, -0.2) is 86.1 Å². The summed E-state index contributed by atoms with van der Waals surface area (Å²) < 4.78 is 11.5. The Morgan fingerprint density at radius 2 is 1.00 bits per heavy atom. The summed E-state index contributed by atoms with van der Waals surface area (Å²) in [6, 6.07) is 0. The van der Waals surface area contributed by atoms with Gasteiger partial charge in [0.1, 0.15) is 12.4 Å². The van der Waals surface area contributed by atoms with E-state index in [1.165, 1.54) is 140 Å². The minimum absolute atomic E-state index is 0.0262. The van der Waals surface area contributed by atoms with Crippen molar-refractivity contribution in [2.75, 3.05) is 46.6 Å². The Morgan fingerprint density at radius 1 is 0.566 bits per heavy atom. The molecular formula is C45H90N2O5S. The predicted octanol–water partition coefficient (Wildman–Crippen LogP) is 13.2. The van der Waals surface area contributed by atoms with Crippen LogP contribution in [0.2, 0.25) is 0 Å². The monoisotopic (exact) mass is 771 g/mol. The molecule has 316 valence electrons. The first kappa shape index (κ1) is 54.0. The number of esters is 1. The lowest BCUT2D eigenvalue weighted by molar-refractivity contribution is -0.150. The number of ether oxygens (including phenoxy) is 2. The zero-order valence-electron chi connectivity index (χ0n) is 36.4. The first-order valence-electron chi connectivity index (χ1n) is 22.5. The largest absolute Gasteiger partial charge is 0.462 e. The molecule has 0 aliphatic heterocycles. The van der Waals surface area contributed by atoms with Gasteiger partial charge in [0.05, 0.1) is 6.10 Å². The molecule has 0 radical (unpaired) electrons. The first-order valence-corrected chi connectivity index (χ1v) is 23.5. The highest BCUT2D eigenvalue weighted by atomic mass is 32.2. The summed E-state index contributed by atoms with van der Waals surface area (Å²) in [5.74, 6) is 0.641. The van der Waals surface area contributed by atoms with E-state index in [0.717, 1.165) is 50.7 Å². The van der Waals surface area contributed by atoms with Gasteiger partial charge in [-0.15, -0.1) is 0 Å². The second kappa shape index (κ2) is 43.6. The van der Waals surface area contributed by atoms with E-state index in [1.54, 1.807) is 4.90 Å². The fourth-order valence-corrected chi connectivity index (χ4v) is 7.31. The van der Waals surface area contributed by atoms with Crippen molar-refractivity contribution in [1.29, 1.82) is 0 Å². The third kappa shape index (κ3) is 40.4.